The van der Waals surface area contributed by atoms with E-state index in [0.717, 1.165) is 28.1 Å². The van der Waals surface area contributed by atoms with Gasteiger partial charge in [-0.1, -0.05) is 18.2 Å². The Morgan fingerprint density at radius 3 is 2.52 bits per heavy atom. The molecule has 1 amide bonds. The molecular weight excluding hydrogens is 391 g/mol. The predicted octanol–water partition coefficient (Wildman–Crippen LogP) is 4.30. The van der Waals surface area contributed by atoms with Gasteiger partial charge in [0, 0.05) is 51.2 Å². The van der Waals surface area contributed by atoms with Gasteiger partial charge in [-0.3, -0.25) is 9.78 Å². The molecule has 1 aromatic carbocycles. The van der Waals surface area contributed by atoms with E-state index < -0.39 is 0 Å². The first-order chi connectivity index (χ1) is 14.9. The molecule has 1 N–H and O–H groups in total. The molecule has 0 spiro atoms. The van der Waals surface area contributed by atoms with Crippen LogP contribution in [0, 0.1) is 25.1 Å². The molecular formula is C25H29FN4O. The zero-order chi connectivity index (χ0) is 22.4. The number of benzene rings is 1. The average molecular weight is 421 g/mol. The fourth-order valence-electron chi connectivity index (χ4n) is 3.81. The highest BCUT2D eigenvalue weighted by atomic mass is 19.1. The van der Waals surface area contributed by atoms with E-state index in [1.165, 1.54) is 6.21 Å². The summed E-state index contributed by atoms with van der Waals surface area (Å²) in [7, 11) is 0. The van der Waals surface area contributed by atoms with Crippen molar-refractivity contribution in [1.82, 2.24) is 14.8 Å². The SMILES string of the molecule is CC(=O)N1CCN(/C(C=N)=C/C=C/Cc2cc(C)c(-c3ccnc(C)c3)cc2F)CC1. The summed E-state index contributed by atoms with van der Waals surface area (Å²) >= 11 is 0. The molecule has 2 aromatic rings. The topological polar surface area (TPSA) is 60.3 Å². The summed E-state index contributed by atoms with van der Waals surface area (Å²) in [5, 5.41) is 7.70. The molecule has 0 atom stereocenters. The zero-order valence-electron chi connectivity index (χ0n) is 18.4. The number of allylic oxidation sites excluding steroid dienone is 4. The lowest BCUT2D eigenvalue weighted by atomic mass is 9.97. The van der Waals surface area contributed by atoms with Crippen molar-refractivity contribution in [2.24, 2.45) is 0 Å². The van der Waals surface area contributed by atoms with Crippen LogP contribution in [-0.4, -0.2) is 53.1 Å². The second-order valence-electron chi connectivity index (χ2n) is 7.81. The van der Waals surface area contributed by atoms with Crippen molar-refractivity contribution in [2.75, 3.05) is 26.2 Å². The molecule has 31 heavy (non-hydrogen) atoms. The maximum atomic E-state index is 14.7. The number of piperazine rings is 1. The van der Waals surface area contributed by atoms with Crippen LogP contribution in [0.5, 0.6) is 0 Å². The van der Waals surface area contributed by atoms with Crippen LogP contribution in [0.1, 0.15) is 23.7 Å². The molecule has 1 saturated heterocycles. The molecule has 5 nitrogen and oxygen atoms in total. The summed E-state index contributed by atoms with van der Waals surface area (Å²) < 4.78 is 14.7. The highest BCUT2D eigenvalue weighted by Gasteiger charge is 2.19. The Labute approximate surface area is 183 Å². The molecule has 162 valence electrons. The van der Waals surface area contributed by atoms with Crippen LogP contribution >= 0.6 is 0 Å². The molecule has 1 aliphatic heterocycles. The second-order valence-corrected chi connectivity index (χ2v) is 7.81. The fraction of sp³-hybridized carbons (Fsp3) is 0.320. The van der Waals surface area contributed by atoms with Gasteiger partial charge in [0.2, 0.25) is 5.91 Å². The van der Waals surface area contributed by atoms with Crippen molar-refractivity contribution >= 4 is 12.1 Å². The normalized spacial score (nSPS) is 14.9. The van der Waals surface area contributed by atoms with Crippen LogP contribution < -0.4 is 0 Å². The van der Waals surface area contributed by atoms with Gasteiger partial charge in [0.1, 0.15) is 5.82 Å². The first-order valence-corrected chi connectivity index (χ1v) is 10.5. The number of amides is 1. The van der Waals surface area contributed by atoms with Crippen LogP contribution in [0.25, 0.3) is 11.1 Å². The third kappa shape index (κ3) is 5.66. The van der Waals surface area contributed by atoms with Crippen LogP contribution in [0.3, 0.4) is 0 Å². The number of carbonyl (C=O) groups excluding carboxylic acids is 1. The van der Waals surface area contributed by atoms with Gasteiger partial charge >= 0.3 is 0 Å². The quantitative estimate of drug-likeness (QED) is 0.560. The summed E-state index contributed by atoms with van der Waals surface area (Å²) in [5.41, 5.74) is 5.21. The largest absolute Gasteiger partial charge is 0.367 e. The van der Waals surface area contributed by atoms with Crippen molar-refractivity contribution in [2.45, 2.75) is 27.2 Å². The zero-order valence-corrected chi connectivity index (χ0v) is 18.4. The Bertz CT molecular complexity index is 1020. The van der Waals surface area contributed by atoms with E-state index in [4.69, 9.17) is 5.41 Å². The third-order valence-corrected chi connectivity index (χ3v) is 5.58. The van der Waals surface area contributed by atoms with E-state index in [-0.39, 0.29) is 11.7 Å². The Kier molecular flexibility index (Phi) is 7.34. The minimum Gasteiger partial charge on any atom is -0.367 e. The maximum absolute atomic E-state index is 14.7. The van der Waals surface area contributed by atoms with Gasteiger partial charge < -0.3 is 15.2 Å². The Morgan fingerprint density at radius 1 is 1.16 bits per heavy atom. The number of hydrogen-bond donors (Lipinski definition) is 1. The maximum Gasteiger partial charge on any atom is 0.219 e. The molecule has 0 unspecified atom stereocenters. The minimum atomic E-state index is -0.226. The highest BCUT2D eigenvalue weighted by molar-refractivity contribution is 5.76. The molecule has 6 heteroatoms. The van der Waals surface area contributed by atoms with Gasteiger partial charge in [-0.2, -0.15) is 0 Å². The first kappa shape index (κ1) is 22.4. The van der Waals surface area contributed by atoms with Gasteiger partial charge in [0.25, 0.3) is 0 Å². The monoisotopic (exact) mass is 420 g/mol. The summed E-state index contributed by atoms with van der Waals surface area (Å²) in [6.45, 7) is 8.24. The lowest BCUT2D eigenvalue weighted by Gasteiger charge is -2.35. The predicted molar refractivity (Wildman–Crippen MR) is 123 cm³/mol. The second kappa shape index (κ2) is 10.2. The molecule has 3 rings (SSSR count). The van der Waals surface area contributed by atoms with Gasteiger partial charge in [-0.05, 0) is 66.8 Å². The van der Waals surface area contributed by atoms with Gasteiger partial charge in [-0.25, -0.2) is 4.39 Å². The fourth-order valence-corrected chi connectivity index (χ4v) is 3.81. The number of halogens is 1. The molecule has 0 bridgehead atoms. The number of nitrogens with one attached hydrogen (secondary N) is 1. The van der Waals surface area contributed by atoms with Crippen molar-refractivity contribution in [1.29, 1.82) is 5.41 Å². The van der Waals surface area contributed by atoms with Crippen molar-refractivity contribution < 1.29 is 9.18 Å². The Balaban J connectivity index is 1.67. The van der Waals surface area contributed by atoms with E-state index in [9.17, 15) is 9.18 Å². The van der Waals surface area contributed by atoms with Crippen molar-refractivity contribution in [3.8, 4) is 11.1 Å². The molecule has 0 radical (unpaired) electrons. The number of rotatable bonds is 6. The van der Waals surface area contributed by atoms with Crippen LogP contribution in [-0.2, 0) is 11.2 Å². The molecule has 1 aliphatic rings. The van der Waals surface area contributed by atoms with Gasteiger partial charge in [0.15, 0.2) is 0 Å². The first-order valence-electron chi connectivity index (χ1n) is 10.5. The van der Waals surface area contributed by atoms with E-state index in [1.807, 2.05) is 55.2 Å². The molecule has 0 aliphatic carbocycles. The molecule has 1 fully saturated rings. The van der Waals surface area contributed by atoms with Crippen LogP contribution in [0.15, 0.2) is 54.4 Å². The summed E-state index contributed by atoms with van der Waals surface area (Å²) in [4.78, 5) is 19.6. The standard InChI is InChI=1S/C25H29FN4O/c1-18-14-22(25(26)16-24(18)21-8-9-28-19(2)15-21)6-4-5-7-23(17-27)30-12-10-29(11-13-30)20(3)31/h4-5,7-9,14-17,27H,6,10-13H2,1-3H3/b5-4+,23-7+,27-17?. The van der Waals surface area contributed by atoms with E-state index in [0.29, 0.717) is 38.2 Å². The third-order valence-electron chi connectivity index (χ3n) is 5.58. The van der Waals surface area contributed by atoms with E-state index in [2.05, 4.69) is 9.88 Å². The smallest absolute Gasteiger partial charge is 0.219 e. The van der Waals surface area contributed by atoms with Crippen molar-refractivity contribution in [3.05, 3.63) is 77.0 Å². The minimum absolute atomic E-state index is 0.0855. The number of carbonyl (C=O) groups is 1. The van der Waals surface area contributed by atoms with Gasteiger partial charge in [-0.15, -0.1) is 0 Å². The van der Waals surface area contributed by atoms with Crippen LogP contribution in [0.4, 0.5) is 4.39 Å². The number of hydrogen-bond acceptors (Lipinski definition) is 4. The highest BCUT2D eigenvalue weighted by Crippen LogP contribution is 2.26. The number of aromatic nitrogens is 1. The molecule has 1 aromatic heterocycles. The Morgan fingerprint density at radius 2 is 1.87 bits per heavy atom. The lowest BCUT2D eigenvalue weighted by Crippen LogP contribution is -2.47. The van der Waals surface area contributed by atoms with E-state index in [1.54, 1.807) is 19.2 Å². The summed E-state index contributed by atoms with van der Waals surface area (Å²) in [6.07, 6.45) is 9.18. The molecule has 2 heterocycles. The van der Waals surface area contributed by atoms with Crippen molar-refractivity contribution in [3.63, 3.8) is 0 Å². The summed E-state index contributed by atoms with van der Waals surface area (Å²) in [5.74, 6) is -0.140. The van der Waals surface area contributed by atoms with Crippen LogP contribution in [0.2, 0.25) is 0 Å². The summed E-state index contributed by atoms with van der Waals surface area (Å²) in [6, 6.07) is 7.35. The van der Waals surface area contributed by atoms with Gasteiger partial charge in [0.05, 0.1) is 5.70 Å². The van der Waals surface area contributed by atoms with E-state index >= 15 is 0 Å². The molecule has 0 saturated carbocycles. The number of nitrogens with zero attached hydrogens (tertiary/aromatic N) is 3. The number of aryl methyl sites for hydroxylation is 2. The Hall–Kier alpha value is -3.28. The number of pyridine rings is 1. The lowest BCUT2D eigenvalue weighted by molar-refractivity contribution is -0.130. The average Bonchev–Trinajstić information content (AvgIpc) is 2.76.